The highest BCUT2D eigenvalue weighted by Crippen LogP contribution is 2.31. The van der Waals surface area contributed by atoms with E-state index in [2.05, 4.69) is 0 Å². The molecule has 2 rings (SSSR count). The van der Waals surface area contributed by atoms with E-state index in [0.717, 1.165) is 28.8 Å². The summed E-state index contributed by atoms with van der Waals surface area (Å²) in [5, 5.41) is 0. The molecule has 0 amide bonds. The Hall–Kier alpha value is -1.67. The van der Waals surface area contributed by atoms with Gasteiger partial charge in [-0.25, -0.2) is 0 Å². The summed E-state index contributed by atoms with van der Waals surface area (Å²) in [5.41, 5.74) is 1.85. The molecule has 0 aliphatic rings. The van der Waals surface area contributed by atoms with Crippen LogP contribution in [0.2, 0.25) is 0 Å². The summed E-state index contributed by atoms with van der Waals surface area (Å²) in [6, 6.07) is 12.6. The van der Waals surface area contributed by atoms with Gasteiger partial charge in [-0.15, -0.1) is 0 Å². The molecule has 0 heterocycles. The molecule has 0 aliphatic carbocycles. The average Bonchev–Trinajstić information content (AvgIpc) is 2.59. The van der Waals surface area contributed by atoms with Gasteiger partial charge in [0.25, 0.3) is 0 Å². The SMILES string of the molecule is CO[SiH](OC)OC(C)c1ccc(-c2ccc(C(F)(F)F)cc2)cc1. The third-order valence-corrected chi connectivity index (χ3v) is 5.03. The van der Waals surface area contributed by atoms with Gasteiger partial charge in [-0.1, -0.05) is 36.4 Å². The summed E-state index contributed by atoms with van der Waals surface area (Å²) in [5.74, 6) is 0. The summed E-state index contributed by atoms with van der Waals surface area (Å²) < 4.78 is 53.7. The van der Waals surface area contributed by atoms with Gasteiger partial charge in [-0.3, -0.25) is 0 Å². The predicted octanol–water partition coefficient (Wildman–Crippen LogP) is 4.46. The average molecular weight is 356 g/mol. The summed E-state index contributed by atoms with van der Waals surface area (Å²) in [4.78, 5) is 0. The van der Waals surface area contributed by atoms with E-state index in [4.69, 9.17) is 13.3 Å². The van der Waals surface area contributed by atoms with Crippen LogP contribution in [-0.4, -0.2) is 23.7 Å². The largest absolute Gasteiger partial charge is 0.484 e. The maximum absolute atomic E-state index is 12.6. The van der Waals surface area contributed by atoms with Crippen molar-refractivity contribution in [1.29, 1.82) is 0 Å². The molecular weight excluding hydrogens is 337 g/mol. The van der Waals surface area contributed by atoms with Crippen molar-refractivity contribution in [3.05, 3.63) is 59.7 Å². The quantitative estimate of drug-likeness (QED) is 0.715. The molecule has 7 heteroatoms. The van der Waals surface area contributed by atoms with E-state index < -0.39 is 21.3 Å². The van der Waals surface area contributed by atoms with Crippen LogP contribution in [0.5, 0.6) is 0 Å². The molecule has 3 nitrogen and oxygen atoms in total. The Balaban J connectivity index is 2.11. The molecule has 0 radical (unpaired) electrons. The monoisotopic (exact) mass is 356 g/mol. The highest BCUT2D eigenvalue weighted by molar-refractivity contribution is 6.36. The topological polar surface area (TPSA) is 27.7 Å². The molecular formula is C17H19F3O3Si. The molecule has 24 heavy (non-hydrogen) atoms. The molecule has 0 bridgehead atoms. The Morgan fingerprint density at radius 2 is 1.29 bits per heavy atom. The van der Waals surface area contributed by atoms with Gasteiger partial charge in [0.2, 0.25) is 0 Å². The summed E-state index contributed by atoms with van der Waals surface area (Å²) in [6.07, 6.45) is -4.51. The van der Waals surface area contributed by atoms with Gasteiger partial charge in [0, 0.05) is 14.2 Å². The minimum absolute atomic E-state index is 0.191. The molecule has 130 valence electrons. The highest BCUT2D eigenvalue weighted by atomic mass is 28.3. The van der Waals surface area contributed by atoms with Crippen molar-refractivity contribution in [2.24, 2.45) is 0 Å². The minimum Gasteiger partial charge on any atom is -0.379 e. The van der Waals surface area contributed by atoms with Gasteiger partial charge in [0.1, 0.15) is 0 Å². The normalized spacial score (nSPS) is 13.3. The second-order valence-electron chi connectivity index (χ2n) is 5.24. The number of benzene rings is 2. The molecule has 2 aromatic rings. The molecule has 1 unspecified atom stereocenters. The molecule has 0 N–H and O–H groups in total. The standard InChI is InChI=1S/C17H19F3O3Si/c1-12(23-24(21-2)22-3)13-4-6-14(7-5-13)15-8-10-16(11-9-15)17(18,19)20/h4-12,24H,1-3H3. The Bertz CT molecular complexity index is 638. The van der Waals surface area contributed by atoms with E-state index in [1.807, 2.05) is 31.2 Å². The molecule has 0 aliphatic heterocycles. The third-order valence-electron chi connectivity index (χ3n) is 3.63. The first-order valence-electron chi connectivity index (χ1n) is 7.34. The van der Waals surface area contributed by atoms with Crippen LogP contribution in [0.1, 0.15) is 24.2 Å². The first kappa shape index (κ1) is 18.7. The maximum Gasteiger partial charge on any atom is 0.484 e. The van der Waals surface area contributed by atoms with Crippen LogP contribution >= 0.6 is 0 Å². The van der Waals surface area contributed by atoms with Crippen molar-refractivity contribution in [1.82, 2.24) is 0 Å². The van der Waals surface area contributed by atoms with E-state index in [1.54, 1.807) is 14.2 Å². The second-order valence-corrected chi connectivity index (χ2v) is 7.03. The molecule has 1 atom stereocenters. The smallest absolute Gasteiger partial charge is 0.379 e. The molecule has 0 saturated carbocycles. The second kappa shape index (κ2) is 7.93. The maximum atomic E-state index is 12.6. The van der Waals surface area contributed by atoms with E-state index in [1.165, 1.54) is 12.1 Å². The van der Waals surface area contributed by atoms with Crippen LogP contribution < -0.4 is 0 Å². The Morgan fingerprint density at radius 3 is 1.71 bits per heavy atom. The zero-order valence-corrected chi connectivity index (χ0v) is 14.8. The predicted molar refractivity (Wildman–Crippen MR) is 87.5 cm³/mol. The van der Waals surface area contributed by atoms with E-state index in [0.29, 0.717) is 0 Å². The molecule has 0 fully saturated rings. The fraction of sp³-hybridized carbons (Fsp3) is 0.294. The van der Waals surface area contributed by atoms with E-state index in [9.17, 15) is 13.2 Å². The van der Waals surface area contributed by atoms with Gasteiger partial charge in [0.15, 0.2) is 0 Å². The number of alkyl halides is 3. The van der Waals surface area contributed by atoms with Crippen LogP contribution in [0.25, 0.3) is 11.1 Å². The van der Waals surface area contributed by atoms with Gasteiger partial charge in [-0.05, 0) is 35.7 Å². The highest BCUT2D eigenvalue weighted by Gasteiger charge is 2.29. The lowest BCUT2D eigenvalue weighted by Crippen LogP contribution is -2.25. The molecule has 0 spiro atoms. The fourth-order valence-corrected chi connectivity index (χ4v) is 3.16. The van der Waals surface area contributed by atoms with Crippen molar-refractivity contribution in [2.45, 2.75) is 19.2 Å². The Labute approximate surface area is 140 Å². The lowest BCUT2D eigenvalue weighted by atomic mass is 10.0. The summed E-state index contributed by atoms with van der Waals surface area (Å²) in [6.45, 7) is 1.89. The molecule has 0 saturated heterocycles. The zero-order valence-electron chi connectivity index (χ0n) is 13.6. The van der Waals surface area contributed by atoms with Crippen molar-refractivity contribution in [3.63, 3.8) is 0 Å². The first-order chi connectivity index (χ1) is 11.3. The van der Waals surface area contributed by atoms with Gasteiger partial charge >= 0.3 is 15.7 Å². The van der Waals surface area contributed by atoms with E-state index >= 15 is 0 Å². The van der Waals surface area contributed by atoms with E-state index in [-0.39, 0.29) is 6.10 Å². The lowest BCUT2D eigenvalue weighted by Gasteiger charge is -2.18. The number of rotatable bonds is 6. The van der Waals surface area contributed by atoms with Crippen LogP contribution in [0.4, 0.5) is 13.2 Å². The van der Waals surface area contributed by atoms with Crippen LogP contribution in [0, 0.1) is 0 Å². The van der Waals surface area contributed by atoms with Gasteiger partial charge in [0.05, 0.1) is 11.7 Å². The van der Waals surface area contributed by atoms with Crippen LogP contribution in [-0.2, 0) is 19.5 Å². The molecule has 0 aromatic heterocycles. The Kier molecular flexibility index (Phi) is 6.17. The number of hydrogen-bond acceptors (Lipinski definition) is 3. The number of halogens is 3. The van der Waals surface area contributed by atoms with Gasteiger partial charge < -0.3 is 13.3 Å². The summed E-state index contributed by atoms with van der Waals surface area (Å²) >= 11 is 0. The van der Waals surface area contributed by atoms with Crippen LogP contribution in [0.3, 0.4) is 0 Å². The van der Waals surface area contributed by atoms with Crippen molar-refractivity contribution >= 4 is 9.53 Å². The Morgan fingerprint density at radius 1 is 0.833 bits per heavy atom. The van der Waals surface area contributed by atoms with Crippen molar-refractivity contribution < 1.29 is 26.4 Å². The van der Waals surface area contributed by atoms with Crippen LogP contribution in [0.15, 0.2) is 48.5 Å². The third kappa shape index (κ3) is 4.67. The summed E-state index contributed by atoms with van der Waals surface area (Å²) in [7, 11) is 0.965. The zero-order chi connectivity index (χ0) is 17.7. The fourth-order valence-electron chi connectivity index (χ4n) is 2.25. The van der Waals surface area contributed by atoms with Crippen molar-refractivity contribution in [2.75, 3.05) is 14.2 Å². The first-order valence-corrected chi connectivity index (χ1v) is 8.75. The number of hydrogen-bond donors (Lipinski definition) is 0. The van der Waals surface area contributed by atoms with Gasteiger partial charge in [-0.2, -0.15) is 13.2 Å². The lowest BCUT2D eigenvalue weighted by molar-refractivity contribution is -0.137. The molecule has 2 aromatic carbocycles. The minimum atomic E-state index is -4.32. The van der Waals surface area contributed by atoms with Crippen molar-refractivity contribution in [3.8, 4) is 11.1 Å².